The number of rotatable bonds is 7. The number of hydrogen-bond donors (Lipinski definition) is 1. The summed E-state index contributed by atoms with van der Waals surface area (Å²) in [5.74, 6) is 0. The van der Waals surface area contributed by atoms with Crippen molar-refractivity contribution in [2.75, 3.05) is 0 Å². The summed E-state index contributed by atoms with van der Waals surface area (Å²) in [6, 6.07) is 6.59. The second-order valence-electron chi connectivity index (χ2n) is 5.53. The second kappa shape index (κ2) is 6.73. The van der Waals surface area contributed by atoms with Crippen molar-refractivity contribution in [3.8, 4) is 0 Å². The number of hydrogen-bond acceptors (Lipinski definition) is 2. The van der Waals surface area contributed by atoms with Crippen LogP contribution in [0.1, 0.15) is 40.0 Å². The van der Waals surface area contributed by atoms with E-state index in [-0.39, 0.29) is 0 Å². The molecule has 1 aromatic heterocycles. The first-order valence-corrected chi connectivity index (χ1v) is 15.1. The molecular weight excluding hydrogens is 341 g/mol. The number of benzene rings is 1. The molecule has 0 unspecified atom stereocenters. The molecule has 19 heavy (non-hydrogen) atoms. The summed E-state index contributed by atoms with van der Waals surface area (Å²) < 4.78 is 5.94. The normalized spacial score (nSPS) is 12.2. The van der Waals surface area contributed by atoms with Gasteiger partial charge in [0, 0.05) is 0 Å². The zero-order valence-corrected chi connectivity index (χ0v) is 15.2. The van der Waals surface area contributed by atoms with E-state index in [9.17, 15) is 0 Å². The van der Waals surface area contributed by atoms with Gasteiger partial charge in [0.1, 0.15) is 0 Å². The predicted octanol–water partition coefficient (Wildman–Crippen LogP) is 3.84. The Balaban J connectivity index is 2.54. The molecule has 0 radical (unpaired) electrons. The SMILES string of the molecule is CC[CH2][Sn]([CH2]CC)([CH2]CC)[c]1cccc2n[nH]nc12. The number of para-hydroxylation sites is 1. The Morgan fingerprint density at radius 2 is 1.58 bits per heavy atom. The zero-order chi connectivity index (χ0) is 13.7. The minimum absolute atomic E-state index is 1.04. The van der Waals surface area contributed by atoms with Crippen LogP contribution in [0.25, 0.3) is 11.0 Å². The van der Waals surface area contributed by atoms with Crippen LogP contribution in [0.3, 0.4) is 0 Å². The first-order valence-electron chi connectivity index (χ1n) is 7.57. The number of fused-ring (bicyclic) bond motifs is 1. The number of aromatic amines is 1. The van der Waals surface area contributed by atoms with E-state index in [2.05, 4.69) is 54.4 Å². The van der Waals surface area contributed by atoms with E-state index in [4.69, 9.17) is 0 Å². The molecule has 4 heteroatoms. The molecule has 0 amide bonds. The van der Waals surface area contributed by atoms with Crippen LogP contribution in [0.4, 0.5) is 0 Å². The van der Waals surface area contributed by atoms with Crippen molar-refractivity contribution in [2.45, 2.75) is 53.3 Å². The van der Waals surface area contributed by atoms with Gasteiger partial charge in [0.05, 0.1) is 0 Å². The van der Waals surface area contributed by atoms with Crippen molar-refractivity contribution in [3.63, 3.8) is 0 Å². The number of H-pyrrole nitrogens is 1. The summed E-state index contributed by atoms with van der Waals surface area (Å²) in [6.45, 7) is 7.00. The molecule has 1 aromatic carbocycles. The fourth-order valence-corrected chi connectivity index (χ4v) is 19.4. The Morgan fingerprint density at radius 1 is 0.947 bits per heavy atom. The molecular formula is C15H25N3Sn. The van der Waals surface area contributed by atoms with Gasteiger partial charge in [0.15, 0.2) is 0 Å². The summed E-state index contributed by atoms with van der Waals surface area (Å²) in [4.78, 5) is 0. The van der Waals surface area contributed by atoms with Crippen LogP contribution >= 0.6 is 0 Å². The molecule has 1 heterocycles. The number of aromatic nitrogens is 3. The van der Waals surface area contributed by atoms with Gasteiger partial charge in [-0.2, -0.15) is 0 Å². The molecule has 0 spiro atoms. The van der Waals surface area contributed by atoms with Crippen LogP contribution in [0.2, 0.25) is 13.3 Å². The van der Waals surface area contributed by atoms with Crippen molar-refractivity contribution >= 4 is 33.0 Å². The number of nitrogens with one attached hydrogen (secondary N) is 1. The molecule has 1 N–H and O–H groups in total. The van der Waals surface area contributed by atoms with E-state index in [0.29, 0.717) is 0 Å². The van der Waals surface area contributed by atoms with E-state index >= 15 is 0 Å². The van der Waals surface area contributed by atoms with Gasteiger partial charge in [-0.25, -0.2) is 0 Å². The summed E-state index contributed by atoms with van der Waals surface area (Å²) in [7, 11) is 0. The Bertz CT molecular complexity index is 504. The Hall–Kier alpha value is -0.581. The first kappa shape index (κ1) is 14.8. The van der Waals surface area contributed by atoms with Gasteiger partial charge in [-0.1, -0.05) is 0 Å². The Kier molecular flexibility index (Phi) is 5.25. The zero-order valence-electron chi connectivity index (χ0n) is 12.4. The third-order valence-electron chi connectivity index (χ3n) is 4.10. The summed E-state index contributed by atoms with van der Waals surface area (Å²) >= 11 is -2.29. The molecule has 0 saturated heterocycles. The van der Waals surface area contributed by atoms with E-state index in [1.165, 1.54) is 32.6 Å². The van der Waals surface area contributed by atoms with Crippen molar-refractivity contribution in [1.29, 1.82) is 0 Å². The van der Waals surface area contributed by atoms with Crippen LogP contribution in [0.15, 0.2) is 18.2 Å². The van der Waals surface area contributed by atoms with E-state index in [0.717, 1.165) is 11.0 Å². The Labute approximate surface area is 120 Å². The molecule has 0 atom stereocenters. The summed E-state index contributed by atoms with van der Waals surface area (Å²) in [5.41, 5.74) is 2.20. The molecule has 2 aromatic rings. The second-order valence-corrected chi connectivity index (χ2v) is 18.7. The summed E-state index contributed by atoms with van der Waals surface area (Å²) in [6.07, 6.45) is 3.93. The number of nitrogens with zero attached hydrogens (tertiary/aromatic N) is 2. The molecule has 0 fully saturated rings. The average Bonchev–Trinajstić information content (AvgIpc) is 2.87. The van der Waals surface area contributed by atoms with Crippen LogP contribution < -0.4 is 3.58 Å². The van der Waals surface area contributed by atoms with E-state index in [1.54, 1.807) is 3.58 Å². The van der Waals surface area contributed by atoms with Gasteiger partial charge in [-0.05, 0) is 0 Å². The molecule has 0 saturated carbocycles. The van der Waals surface area contributed by atoms with Gasteiger partial charge in [0.2, 0.25) is 0 Å². The van der Waals surface area contributed by atoms with Gasteiger partial charge < -0.3 is 0 Å². The molecule has 104 valence electrons. The fraction of sp³-hybridized carbons (Fsp3) is 0.600. The molecule has 3 nitrogen and oxygen atoms in total. The first-order chi connectivity index (χ1) is 9.27. The molecule has 2 rings (SSSR count). The monoisotopic (exact) mass is 367 g/mol. The molecule has 0 aliphatic rings. The Morgan fingerprint density at radius 3 is 2.16 bits per heavy atom. The maximum atomic E-state index is 4.45. The van der Waals surface area contributed by atoms with Gasteiger partial charge >= 0.3 is 120 Å². The standard InChI is InChI=1S/C6H4N3.3C3H7.Sn/c1-2-4-6-5(3-1)7-9-8-6;3*1-3-2;/h1-3H,(H,7,8,9);3*1,3H2,2H3;. The minimum atomic E-state index is -2.29. The topological polar surface area (TPSA) is 41.6 Å². The molecule has 0 bridgehead atoms. The quantitative estimate of drug-likeness (QED) is 0.757. The summed E-state index contributed by atoms with van der Waals surface area (Å²) in [5, 5.41) is 11.5. The van der Waals surface area contributed by atoms with Crippen LogP contribution in [0, 0.1) is 0 Å². The van der Waals surface area contributed by atoms with Crippen LogP contribution in [0.5, 0.6) is 0 Å². The van der Waals surface area contributed by atoms with Crippen LogP contribution in [-0.4, -0.2) is 33.8 Å². The maximum absolute atomic E-state index is 4.45. The molecule has 0 aliphatic carbocycles. The van der Waals surface area contributed by atoms with Crippen molar-refractivity contribution in [3.05, 3.63) is 18.2 Å². The third-order valence-corrected chi connectivity index (χ3v) is 21.0. The van der Waals surface area contributed by atoms with Gasteiger partial charge in [0.25, 0.3) is 0 Å². The molecule has 0 aliphatic heterocycles. The van der Waals surface area contributed by atoms with Gasteiger partial charge in [-0.15, -0.1) is 0 Å². The average molecular weight is 366 g/mol. The van der Waals surface area contributed by atoms with Crippen LogP contribution in [-0.2, 0) is 0 Å². The predicted molar refractivity (Wildman–Crippen MR) is 84.6 cm³/mol. The third kappa shape index (κ3) is 2.96. The van der Waals surface area contributed by atoms with Gasteiger partial charge in [-0.3, -0.25) is 0 Å². The van der Waals surface area contributed by atoms with Crippen molar-refractivity contribution in [2.24, 2.45) is 0 Å². The van der Waals surface area contributed by atoms with E-state index in [1.807, 2.05) is 0 Å². The van der Waals surface area contributed by atoms with Crippen molar-refractivity contribution < 1.29 is 0 Å². The van der Waals surface area contributed by atoms with E-state index < -0.39 is 18.4 Å². The van der Waals surface area contributed by atoms with Crippen molar-refractivity contribution in [1.82, 2.24) is 15.4 Å². The fourth-order valence-electron chi connectivity index (χ4n) is 3.51.